The van der Waals surface area contributed by atoms with Crippen LogP contribution in [0.3, 0.4) is 0 Å². The van der Waals surface area contributed by atoms with E-state index in [2.05, 4.69) is 4.98 Å². The molecule has 0 aliphatic heterocycles. The molecule has 1 rings (SSSR count). The highest BCUT2D eigenvalue weighted by Gasteiger charge is 2.15. The lowest BCUT2D eigenvalue weighted by atomic mass is 10.4. The van der Waals surface area contributed by atoms with Gasteiger partial charge in [-0.25, -0.2) is 0 Å². The molecule has 0 atom stereocenters. The molecule has 0 spiro atoms. The Labute approximate surface area is 80.9 Å². The molecule has 0 saturated carbocycles. The first kappa shape index (κ1) is 10.3. The lowest BCUT2D eigenvalue weighted by molar-refractivity contribution is 0.636. The normalized spacial score (nSPS) is 12.7. The van der Waals surface area contributed by atoms with Gasteiger partial charge in [0.1, 0.15) is 0 Å². The minimum absolute atomic E-state index is 0.931. The second kappa shape index (κ2) is 3.55. The van der Waals surface area contributed by atoms with Gasteiger partial charge in [-0.3, -0.25) is 4.98 Å². The van der Waals surface area contributed by atoms with Gasteiger partial charge in [0.25, 0.3) is 0 Å². The van der Waals surface area contributed by atoms with E-state index < -0.39 is 10.3 Å². The predicted molar refractivity (Wildman–Crippen MR) is 58.9 cm³/mol. The van der Waals surface area contributed by atoms with Crippen molar-refractivity contribution in [1.29, 1.82) is 0 Å². The van der Waals surface area contributed by atoms with E-state index in [1.54, 1.807) is 12.4 Å². The molecule has 0 amide bonds. The van der Waals surface area contributed by atoms with E-state index in [9.17, 15) is 4.55 Å². The summed E-state index contributed by atoms with van der Waals surface area (Å²) in [6, 6.07) is 1.92. The number of aromatic nitrogens is 1. The standard InChI is InChI=1S/C9H16N2OS/c1-11(2)8-5-6-10-7-9(8)13(3,4)12/h5-7,12H,1-4H3. The van der Waals surface area contributed by atoms with Crippen LogP contribution in [0.4, 0.5) is 5.69 Å². The van der Waals surface area contributed by atoms with Crippen molar-refractivity contribution in [3.63, 3.8) is 0 Å². The Balaban J connectivity index is 3.20. The third-order valence-electron chi connectivity index (χ3n) is 1.78. The number of hydrogen-bond acceptors (Lipinski definition) is 3. The fraction of sp³-hybridized carbons (Fsp3) is 0.444. The number of nitrogens with zero attached hydrogens (tertiary/aromatic N) is 2. The molecule has 74 valence electrons. The second-order valence-corrected chi connectivity index (χ2v) is 6.50. The minimum Gasteiger partial charge on any atom is -0.377 e. The van der Waals surface area contributed by atoms with Crippen molar-refractivity contribution < 1.29 is 4.55 Å². The van der Waals surface area contributed by atoms with Crippen LogP contribution in [0.25, 0.3) is 0 Å². The first-order chi connectivity index (χ1) is 5.93. The van der Waals surface area contributed by atoms with Crippen LogP contribution in [0.15, 0.2) is 23.4 Å². The summed E-state index contributed by atoms with van der Waals surface area (Å²) in [5, 5.41) is 0. The quantitative estimate of drug-likeness (QED) is 0.793. The van der Waals surface area contributed by atoms with Crippen LogP contribution in [0.1, 0.15) is 0 Å². The fourth-order valence-electron chi connectivity index (χ4n) is 1.13. The number of anilines is 1. The fourth-order valence-corrected chi connectivity index (χ4v) is 2.21. The second-order valence-electron chi connectivity index (χ2n) is 3.51. The third-order valence-corrected chi connectivity index (χ3v) is 3.17. The Hall–Kier alpha value is -0.740. The van der Waals surface area contributed by atoms with E-state index in [0.717, 1.165) is 10.6 Å². The number of pyridine rings is 1. The first-order valence-corrected chi connectivity index (χ1v) is 6.40. The minimum atomic E-state index is -1.68. The molecule has 0 bridgehead atoms. The smallest absolute Gasteiger partial charge is 0.0537 e. The molecule has 1 aromatic rings. The molecule has 13 heavy (non-hydrogen) atoms. The molecule has 0 aliphatic carbocycles. The van der Waals surface area contributed by atoms with Crippen molar-refractivity contribution in [3.8, 4) is 0 Å². The molecule has 0 unspecified atom stereocenters. The number of rotatable bonds is 2. The Morgan fingerprint density at radius 2 is 2.00 bits per heavy atom. The SMILES string of the molecule is CN(C)c1ccncc1S(C)(C)O. The van der Waals surface area contributed by atoms with Crippen LogP contribution in [0.2, 0.25) is 0 Å². The average molecular weight is 200 g/mol. The Kier molecular flexibility index (Phi) is 2.83. The first-order valence-electron chi connectivity index (χ1n) is 4.00. The lowest BCUT2D eigenvalue weighted by Crippen LogP contribution is -2.12. The highest BCUT2D eigenvalue weighted by Crippen LogP contribution is 2.48. The Morgan fingerprint density at radius 3 is 2.38 bits per heavy atom. The maximum Gasteiger partial charge on any atom is 0.0537 e. The van der Waals surface area contributed by atoms with Crippen LogP contribution in [0.5, 0.6) is 0 Å². The zero-order chi connectivity index (χ0) is 10.1. The van der Waals surface area contributed by atoms with Crippen LogP contribution >= 0.6 is 10.3 Å². The van der Waals surface area contributed by atoms with E-state index in [1.165, 1.54) is 0 Å². The zero-order valence-electron chi connectivity index (χ0n) is 8.48. The third kappa shape index (κ3) is 2.35. The monoisotopic (exact) mass is 200 g/mol. The molecular formula is C9H16N2OS. The largest absolute Gasteiger partial charge is 0.377 e. The molecule has 1 aromatic heterocycles. The predicted octanol–water partition coefficient (Wildman–Crippen LogP) is 2.04. The van der Waals surface area contributed by atoms with Crippen molar-refractivity contribution in [2.24, 2.45) is 0 Å². The van der Waals surface area contributed by atoms with Gasteiger partial charge < -0.3 is 9.45 Å². The van der Waals surface area contributed by atoms with Crippen LogP contribution in [-0.4, -0.2) is 36.1 Å². The van der Waals surface area contributed by atoms with Crippen molar-refractivity contribution in [1.82, 2.24) is 4.98 Å². The molecule has 0 fully saturated rings. The molecule has 0 aromatic carbocycles. The van der Waals surface area contributed by atoms with Crippen molar-refractivity contribution in [2.75, 3.05) is 31.5 Å². The molecule has 0 saturated heterocycles. The molecule has 0 aliphatic rings. The van der Waals surface area contributed by atoms with Gasteiger partial charge in [0.2, 0.25) is 0 Å². The average Bonchev–Trinajstić information content (AvgIpc) is 2.03. The summed E-state index contributed by atoms with van der Waals surface area (Å²) in [7, 11) is 2.24. The van der Waals surface area contributed by atoms with E-state index in [-0.39, 0.29) is 0 Å². The zero-order valence-corrected chi connectivity index (χ0v) is 9.30. The topological polar surface area (TPSA) is 36.4 Å². The van der Waals surface area contributed by atoms with Crippen molar-refractivity contribution in [2.45, 2.75) is 4.90 Å². The van der Waals surface area contributed by atoms with Gasteiger partial charge in [-0.2, -0.15) is 0 Å². The summed E-state index contributed by atoms with van der Waals surface area (Å²) in [4.78, 5) is 6.95. The van der Waals surface area contributed by atoms with Gasteiger partial charge in [0.15, 0.2) is 0 Å². The van der Waals surface area contributed by atoms with Crippen LogP contribution in [-0.2, 0) is 0 Å². The summed E-state index contributed by atoms with van der Waals surface area (Å²) in [6.07, 6.45) is 7.17. The van der Waals surface area contributed by atoms with Gasteiger partial charge in [0, 0.05) is 26.5 Å². The van der Waals surface area contributed by atoms with E-state index in [4.69, 9.17) is 0 Å². The van der Waals surface area contributed by atoms with E-state index in [0.29, 0.717) is 0 Å². The molecule has 1 N–H and O–H groups in total. The van der Waals surface area contributed by atoms with Crippen molar-refractivity contribution >= 4 is 16.0 Å². The highest BCUT2D eigenvalue weighted by atomic mass is 32.3. The summed E-state index contributed by atoms with van der Waals surface area (Å²) >= 11 is 0. The molecule has 3 nitrogen and oxygen atoms in total. The van der Waals surface area contributed by atoms with Crippen molar-refractivity contribution in [3.05, 3.63) is 18.5 Å². The van der Waals surface area contributed by atoms with Gasteiger partial charge in [-0.1, -0.05) is 0 Å². The van der Waals surface area contributed by atoms with Gasteiger partial charge in [-0.05, 0) is 18.6 Å². The molecule has 1 heterocycles. The summed E-state index contributed by atoms with van der Waals surface area (Å²) in [6.45, 7) is 0. The van der Waals surface area contributed by atoms with Gasteiger partial charge >= 0.3 is 0 Å². The van der Waals surface area contributed by atoms with Gasteiger partial charge in [-0.15, -0.1) is 10.3 Å². The van der Waals surface area contributed by atoms with Gasteiger partial charge in [0.05, 0.1) is 10.6 Å². The lowest BCUT2D eigenvalue weighted by Gasteiger charge is -2.28. The summed E-state index contributed by atoms with van der Waals surface area (Å²) < 4.78 is 9.94. The van der Waals surface area contributed by atoms with Crippen LogP contribution < -0.4 is 4.90 Å². The molecular weight excluding hydrogens is 184 g/mol. The number of hydrogen-bond donors (Lipinski definition) is 1. The van der Waals surface area contributed by atoms with Crippen LogP contribution in [0, 0.1) is 0 Å². The highest BCUT2D eigenvalue weighted by molar-refractivity contribution is 8.28. The summed E-state index contributed by atoms with van der Waals surface area (Å²) in [5.41, 5.74) is 1.04. The maximum absolute atomic E-state index is 9.94. The molecule has 4 heteroatoms. The molecule has 0 radical (unpaired) electrons. The Bertz CT molecular complexity index is 294. The van der Waals surface area contributed by atoms with E-state index >= 15 is 0 Å². The summed E-state index contributed by atoms with van der Waals surface area (Å²) in [5.74, 6) is 0. The Morgan fingerprint density at radius 1 is 1.38 bits per heavy atom. The van der Waals surface area contributed by atoms with E-state index in [1.807, 2.05) is 37.6 Å². The maximum atomic E-state index is 9.94.